The lowest BCUT2D eigenvalue weighted by atomic mass is 10.0. The van der Waals surface area contributed by atoms with Crippen LogP contribution in [0.3, 0.4) is 0 Å². The van der Waals surface area contributed by atoms with E-state index in [0.717, 1.165) is 25.9 Å². The highest BCUT2D eigenvalue weighted by Crippen LogP contribution is 2.20. The highest BCUT2D eigenvalue weighted by Gasteiger charge is 2.33. The Balaban J connectivity index is 1.86. The van der Waals surface area contributed by atoms with Crippen molar-refractivity contribution in [2.75, 3.05) is 26.2 Å². The van der Waals surface area contributed by atoms with Crippen LogP contribution in [0.1, 0.15) is 32.1 Å². The van der Waals surface area contributed by atoms with E-state index in [1.807, 2.05) is 4.90 Å². The summed E-state index contributed by atoms with van der Waals surface area (Å²) in [5.74, 6) is -1.57. The van der Waals surface area contributed by atoms with Crippen LogP contribution in [-0.2, 0) is 0 Å². The molecule has 2 amide bonds. The molecule has 0 saturated carbocycles. The molecular formula is C11H20N2O3. The molecule has 5 heteroatoms. The van der Waals surface area contributed by atoms with Gasteiger partial charge >= 0.3 is 6.03 Å². The molecule has 0 bridgehead atoms. The van der Waals surface area contributed by atoms with Gasteiger partial charge in [0, 0.05) is 39.0 Å². The fraction of sp³-hybridized carbons (Fsp3) is 0.909. The van der Waals surface area contributed by atoms with Crippen LogP contribution in [0, 0.1) is 0 Å². The van der Waals surface area contributed by atoms with Gasteiger partial charge in [-0.1, -0.05) is 0 Å². The minimum absolute atomic E-state index is 0.0650. The van der Waals surface area contributed by atoms with Gasteiger partial charge in [0.05, 0.1) is 0 Å². The van der Waals surface area contributed by atoms with Crippen molar-refractivity contribution in [1.82, 2.24) is 9.80 Å². The molecule has 2 rings (SSSR count). The summed E-state index contributed by atoms with van der Waals surface area (Å²) in [6.07, 6.45) is 3.90. The van der Waals surface area contributed by atoms with Gasteiger partial charge in [0.25, 0.3) is 0 Å². The minimum Gasteiger partial charge on any atom is -0.365 e. The number of nitrogens with zero attached hydrogens (tertiary/aromatic N) is 2. The molecule has 5 nitrogen and oxygen atoms in total. The second-order valence-electron chi connectivity index (χ2n) is 4.80. The minimum atomic E-state index is -1.57. The smallest absolute Gasteiger partial charge is 0.320 e. The van der Waals surface area contributed by atoms with Gasteiger partial charge in [-0.05, 0) is 19.3 Å². The Morgan fingerprint density at radius 1 is 0.875 bits per heavy atom. The van der Waals surface area contributed by atoms with Crippen LogP contribution in [0.15, 0.2) is 0 Å². The fourth-order valence-corrected chi connectivity index (χ4v) is 2.34. The Labute approximate surface area is 95.6 Å². The fourth-order valence-electron chi connectivity index (χ4n) is 2.34. The van der Waals surface area contributed by atoms with Gasteiger partial charge in [-0.25, -0.2) is 4.79 Å². The number of hydrogen-bond acceptors (Lipinski definition) is 3. The molecule has 0 aromatic rings. The van der Waals surface area contributed by atoms with Gasteiger partial charge in [-0.2, -0.15) is 0 Å². The molecule has 92 valence electrons. The summed E-state index contributed by atoms with van der Waals surface area (Å²) in [6, 6.07) is 0.0650. The average Bonchev–Trinajstić information content (AvgIpc) is 2.29. The average molecular weight is 228 g/mol. The Kier molecular flexibility index (Phi) is 3.35. The van der Waals surface area contributed by atoms with Crippen molar-refractivity contribution in [3.63, 3.8) is 0 Å². The maximum Gasteiger partial charge on any atom is 0.320 e. The largest absolute Gasteiger partial charge is 0.365 e. The predicted molar refractivity (Wildman–Crippen MR) is 58.8 cm³/mol. The van der Waals surface area contributed by atoms with Crippen LogP contribution in [0.4, 0.5) is 4.79 Å². The maximum absolute atomic E-state index is 12.1. The van der Waals surface area contributed by atoms with Crippen molar-refractivity contribution >= 4 is 6.03 Å². The highest BCUT2D eigenvalue weighted by atomic mass is 16.5. The molecule has 2 aliphatic rings. The van der Waals surface area contributed by atoms with Gasteiger partial charge < -0.3 is 20.0 Å². The van der Waals surface area contributed by atoms with Gasteiger partial charge in [-0.15, -0.1) is 0 Å². The molecule has 2 aliphatic heterocycles. The monoisotopic (exact) mass is 228 g/mol. The number of likely N-dealkylation sites (tertiary alicyclic amines) is 2. The molecule has 0 aromatic carbocycles. The third-order valence-corrected chi connectivity index (χ3v) is 3.46. The van der Waals surface area contributed by atoms with Crippen LogP contribution in [0.25, 0.3) is 0 Å². The number of carbonyl (C=O) groups is 1. The van der Waals surface area contributed by atoms with E-state index in [1.165, 1.54) is 6.42 Å². The number of amides is 2. The van der Waals surface area contributed by atoms with Crippen LogP contribution in [0.5, 0.6) is 0 Å². The number of urea groups is 1. The lowest BCUT2D eigenvalue weighted by Gasteiger charge is -2.38. The first-order chi connectivity index (χ1) is 7.58. The SMILES string of the molecule is O=C(N1CCCCC1)N1CCC(O)(O)CC1. The molecule has 0 aromatic heterocycles. The summed E-state index contributed by atoms with van der Waals surface area (Å²) < 4.78 is 0. The molecule has 2 saturated heterocycles. The highest BCUT2D eigenvalue weighted by molar-refractivity contribution is 5.74. The van der Waals surface area contributed by atoms with E-state index in [4.69, 9.17) is 0 Å². The summed E-state index contributed by atoms with van der Waals surface area (Å²) in [5.41, 5.74) is 0. The van der Waals surface area contributed by atoms with E-state index in [9.17, 15) is 15.0 Å². The molecule has 0 aliphatic carbocycles. The van der Waals surface area contributed by atoms with Crippen molar-refractivity contribution < 1.29 is 15.0 Å². The third-order valence-electron chi connectivity index (χ3n) is 3.46. The first-order valence-electron chi connectivity index (χ1n) is 6.07. The number of piperidine rings is 2. The molecular weight excluding hydrogens is 208 g/mol. The normalized spacial score (nSPS) is 25.6. The Bertz CT molecular complexity index is 252. The summed E-state index contributed by atoms with van der Waals surface area (Å²) in [7, 11) is 0. The van der Waals surface area contributed by atoms with Crippen LogP contribution < -0.4 is 0 Å². The van der Waals surface area contributed by atoms with Crippen molar-refractivity contribution in [2.45, 2.75) is 37.9 Å². The predicted octanol–water partition coefficient (Wildman–Crippen LogP) is 0.369. The molecule has 16 heavy (non-hydrogen) atoms. The zero-order valence-electron chi connectivity index (χ0n) is 9.56. The Morgan fingerprint density at radius 2 is 1.38 bits per heavy atom. The van der Waals surface area contributed by atoms with Crippen molar-refractivity contribution in [3.05, 3.63) is 0 Å². The van der Waals surface area contributed by atoms with E-state index in [1.54, 1.807) is 4.90 Å². The second kappa shape index (κ2) is 4.59. The van der Waals surface area contributed by atoms with Crippen molar-refractivity contribution in [3.8, 4) is 0 Å². The zero-order chi connectivity index (χ0) is 11.6. The van der Waals surface area contributed by atoms with Crippen molar-refractivity contribution in [1.29, 1.82) is 0 Å². The van der Waals surface area contributed by atoms with E-state index in [0.29, 0.717) is 13.1 Å². The number of rotatable bonds is 0. The number of carbonyl (C=O) groups excluding carboxylic acids is 1. The number of aliphatic hydroxyl groups is 2. The topological polar surface area (TPSA) is 64.0 Å². The van der Waals surface area contributed by atoms with Crippen molar-refractivity contribution in [2.24, 2.45) is 0 Å². The van der Waals surface area contributed by atoms with E-state index in [-0.39, 0.29) is 18.9 Å². The summed E-state index contributed by atoms with van der Waals surface area (Å²) in [6.45, 7) is 2.59. The molecule has 2 heterocycles. The molecule has 0 spiro atoms. The lowest BCUT2D eigenvalue weighted by Crippen LogP contribution is -2.52. The zero-order valence-corrected chi connectivity index (χ0v) is 9.56. The van der Waals surface area contributed by atoms with Gasteiger partial charge in [0.2, 0.25) is 0 Å². The summed E-state index contributed by atoms with van der Waals surface area (Å²) >= 11 is 0. The first-order valence-corrected chi connectivity index (χ1v) is 6.07. The molecule has 2 fully saturated rings. The quantitative estimate of drug-likeness (QED) is 0.589. The molecule has 2 N–H and O–H groups in total. The number of hydrogen-bond donors (Lipinski definition) is 2. The first kappa shape index (κ1) is 11.7. The van der Waals surface area contributed by atoms with Gasteiger partial charge in [0.15, 0.2) is 5.79 Å². The van der Waals surface area contributed by atoms with Gasteiger partial charge in [-0.3, -0.25) is 0 Å². The Hall–Kier alpha value is -0.810. The Morgan fingerprint density at radius 3 is 1.94 bits per heavy atom. The van der Waals surface area contributed by atoms with E-state index in [2.05, 4.69) is 0 Å². The van der Waals surface area contributed by atoms with Crippen LogP contribution in [0.2, 0.25) is 0 Å². The van der Waals surface area contributed by atoms with Gasteiger partial charge in [0.1, 0.15) is 0 Å². The molecule has 0 unspecified atom stereocenters. The van der Waals surface area contributed by atoms with E-state index >= 15 is 0 Å². The summed E-state index contributed by atoms with van der Waals surface area (Å²) in [5, 5.41) is 18.8. The standard InChI is InChI=1S/C11H20N2O3/c14-10(12-6-2-1-3-7-12)13-8-4-11(15,16)5-9-13/h15-16H,1-9H2. The van der Waals surface area contributed by atoms with Crippen LogP contribution >= 0.6 is 0 Å². The molecule has 0 radical (unpaired) electrons. The van der Waals surface area contributed by atoms with Crippen LogP contribution in [-0.4, -0.2) is 58.0 Å². The lowest BCUT2D eigenvalue weighted by molar-refractivity contribution is -0.185. The maximum atomic E-state index is 12.1. The van der Waals surface area contributed by atoms with E-state index < -0.39 is 5.79 Å². The summed E-state index contributed by atoms with van der Waals surface area (Å²) in [4.78, 5) is 15.7. The molecule has 0 atom stereocenters. The third kappa shape index (κ3) is 2.65. The second-order valence-corrected chi connectivity index (χ2v) is 4.80.